The lowest BCUT2D eigenvalue weighted by molar-refractivity contribution is 0.297. The molecule has 4 rings (SSSR count). The van der Waals surface area contributed by atoms with Crippen LogP contribution in [-0.2, 0) is 10.0 Å². The van der Waals surface area contributed by atoms with Gasteiger partial charge in [-0.25, -0.2) is 4.98 Å². The van der Waals surface area contributed by atoms with E-state index in [0.717, 1.165) is 16.6 Å². The third-order valence-corrected chi connectivity index (χ3v) is 5.83. The second-order valence-corrected chi connectivity index (χ2v) is 8.08. The van der Waals surface area contributed by atoms with E-state index in [0.29, 0.717) is 29.7 Å². The van der Waals surface area contributed by atoms with Crippen LogP contribution in [0.2, 0.25) is 0 Å². The molecular weight excluding hydrogens is 360 g/mol. The van der Waals surface area contributed by atoms with Gasteiger partial charge in [0.1, 0.15) is 5.01 Å². The Kier molecular flexibility index (Phi) is 4.14. The molecule has 6 nitrogen and oxygen atoms in total. The molecule has 0 atom stereocenters. The molecule has 0 aliphatic carbocycles. The molecule has 1 aliphatic heterocycles. The van der Waals surface area contributed by atoms with Gasteiger partial charge in [0.25, 0.3) is 10.0 Å². The maximum atomic E-state index is 12.5. The zero-order chi connectivity index (χ0) is 17.3. The minimum Gasteiger partial charge on any atom is -0.490 e. The zero-order valence-corrected chi connectivity index (χ0v) is 14.7. The van der Waals surface area contributed by atoms with Gasteiger partial charge in [0, 0.05) is 12.5 Å². The summed E-state index contributed by atoms with van der Waals surface area (Å²) in [6.45, 7) is 1.04. The Balaban J connectivity index is 1.64. The summed E-state index contributed by atoms with van der Waals surface area (Å²) in [4.78, 5) is 4.42. The molecule has 3 aromatic rings. The minimum atomic E-state index is -3.84. The van der Waals surface area contributed by atoms with Gasteiger partial charge >= 0.3 is 0 Å². The molecule has 2 aromatic carbocycles. The monoisotopic (exact) mass is 374 g/mol. The van der Waals surface area contributed by atoms with Gasteiger partial charge in [0.05, 0.1) is 34.5 Å². The number of ether oxygens (including phenoxy) is 2. The number of rotatable bonds is 3. The Morgan fingerprint density at radius 3 is 2.72 bits per heavy atom. The summed E-state index contributed by atoms with van der Waals surface area (Å²) in [5.41, 5.74) is 0.821. The lowest BCUT2D eigenvalue weighted by Crippen LogP contribution is -2.00. The SMILES string of the molecule is O=S(=O)(/N=C\c1nc2ccccc2s1)c1ccc2c(c1)OCCCO2. The number of thiazole rings is 1. The number of fused-ring (bicyclic) bond motifs is 2. The van der Waals surface area contributed by atoms with E-state index >= 15 is 0 Å². The van der Waals surface area contributed by atoms with Crippen molar-refractivity contribution in [2.24, 2.45) is 4.40 Å². The highest BCUT2D eigenvalue weighted by molar-refractivity contribution is 7.90. The van der Waals surface area contributed by atoms with E-state index in [2.05, 4.69) is 9.38 Å². The van der Waals surface area contributed by atoms with Crippen LogP contribution in [0.15, 0.2) is 51.8 Å². The number of benzene rings is 2. The molecule has 0 saturated carbocycles. The largest absolute Gasteiger partial charge is 0.490 e. The van der Waals surface area contributed by atoms with E-state index in [1.807, 2.05) is 24.3 Å². The third kappa shape index (κ3) is 3.35. The van der Waals surface area contributed by atoms with Crippen LogP contribution >= 0.6 is 11.3 Å². The predicted molar refractivity (Wildman–Crippen MR) is 96.4 cm³/mol. The fraction of sp³-hybridized carbons (Fsp3) is 0.176. The molecule has 1 aliphatic rings. The maximum absolute atomic E-state index is 12.5. The predicted octanol–water partition coefficient (Wildman–Crippen LogP) is 3.27. The van der Waals surface area contributed by atoms with Crippen molar-refractivity contribution in [2.45, 2.75) is 11.3 Å². The van der Waals surface area contributed by atoms with Crippen molar-refractivity contribution in [2.75, 3.05) is 13.2 Å². The Morgan fingerprint density at radius 2 is 1.88 bits per heavy atom. The van der Waals surface area contributed by atoms with Gasteiger partial charge in [-0.1, -0.05) is 12.1 Å². The molecule has 128 valence electrons. The van der Waals surface area contributed by atoms with Gasteiger partial charge in [0.15, 0.2) is 11.5 Å². The normalized spacial score (nSPS) is 14.7. The second kappa shape index (κ2) is 6.45. The first-order valence-corrected chi connectivity index (χ1v) is 9.93. The van der Waals surface area contributed by atoms with Crippen molar-refractivity contribution in [3.63, 3.8) is 0 Å². The first-order valence-electron chi connectivity index (χ1n) is 7.67. The van der Waals surface area contributed by atoms with Gasteiger partial charge < -0.3 is 9.47 Å². The molecule has 0 bridgehead atoms. The third-order valence-electron chi connectivity index (χ3n) is 3.63. The number of nitrogens with zero attached hydrogens (tertiary/aromatic N) is 2. The molecule has 0 fully saturated rings. The van der Waals surface area contributed by atoms with Crippen molar-refractivity contribution >= 4 is 37.8 Å². The molecular formula is C17H14N2O4S2. The smallest absolute Gasteiger partial charge is 0.282 e. The van der Waals surface area contributed by atoms with Crippen molar-refractivity contribution in [3.8, 4) is 11.5 Å². The van der Waals surface area contributed by atoms with Crippen LogP contribution in [0, 0.1) is 0 Å². The van der Waals surface area contributed by atoms with Crippen LogP contribution in [-0.4, -0.2) is 32.8 Å². The van der Waals surface area contributed by atoms with E-state index in [-0.39, 0.29) is 4.90 Å². The fourth-order valence-electron chi connectivity index (χ4n) is 2.42. The van der Waals surface area contributed by atoms with E-state index in [9.17, 15) is 8.42 Å². The standard InChI is InChI=1S/C17H14N2O4S2/c20-25(21,12-6-7-14-15(10-12)23-9-3-8-22-14)18-11-17-19-13-4-1-2-5-16(13)24-17/h1-2,4-7,10-11H,3,8-9H2/b18-11-. The molecule has 1 aromatic heterocycles. The number of aromatic nitrogens is 1. The first-order chi connectivity index (χ1) is 12.1. The number of hydrogen-bond donors (Lipinski definition) is 0. The summed E-state index contributed by atoms with van der Waals surface area (Å²) in [7, 11) is -3.84. The van der Waals surface area contributed by atoms with Gasteiger partial charge in [-0.05, 0) is 24.3 Å². The highest BCUT2D eigenvalue weighted by Gasteiger charge is 2.18. The molecule has 0 N–H and O–H groups in total. The topological polar surface area (TPSA) is 77.9 Å². The number of para-hydroxylation sites is 1. The summed E-state index contributed by atoms with van der Waals surface area (Å²) < 4.78 is 40.7. The summed E-state index contributed by atoms with van der Waals surface area (Å²) >= 11 is 1.39. The van der Waals surface area contributed by atoms with Crippen molar-refractivity contribution in [1.82, 2.24) is 4.98 Å². The molecule has 8 heteroatoms. The van der Waals surface area contributed by atoms with Gasteiger partial charge in [-0.15, -0.1) is 11.3 Å². The molecule has 0 amide bonds. The molecule has 0 radical (unpaired) electrons. The van der Waals surface area contributed by atoms with Gasteiger partial charge in [0.2, 0.25) is 0 Å². The lowest BCUT2D eigenvalue weighted by atomic mass is 10.3. The Labute approximate surface area is 148 Å². The van der Waals surface area contributed by atoms with Crippen LogP contribution in [0.5, 0.6) is 11.5 Å². The minimum absolute atomic E-state index is 0.0640. The Morgan fingerprint density at radius 1 is 1.08 bits per heavy atom. The zero-order valence-electron chi connectivity index (χ0n) is 13.1. The number of sulfonamides is 1. The van der Waals surface area contributed by atoms with Crippen LogP contribution in [0.25, 0.3) is 10.2 Å². The highest BCUT2D eigenvalue weighted by atomic mass is 32.2. The van der Waals surface area contributed by atoms with Crippen molar-refractivity contribution < 1.29 is 17.9 Å². The Hall–Kier alpha value is -2.45. The van der Waals surface area contributed by atoms with Crippen LogP contribution < -0.4 is 9.47 Å². The molecule has 2 heterocycles. The molecule has 0 unspecified atom stereocenters. The Bertz CT molecular complexity index is 1020. The average molecular weight is 374 g/mol. The fourth-order valence-corrected chi connectivity index (χ4v) is 4.19. The van der Waals surface area contributed by atoms with Crippen molar-refractivity contribution in [1.29, 1.82) is 0 Å². The maximum Gasteiger partial charge on any atom is 0.282 e. The van der Waals surface area contributed by atoms with Crippen LogP contribution in [0.4, 0.5) is 0 Å². The summed E-state index contributed by atoms with van der Waals surface area (Å²) in [6, 6.07) is 12.1. The molecule has 0 saturated heterocycles. The van der Waals surface area contributed by atoms with E-state index in [1.54, 1.807) is 6.07 Å². The average Bonchev–Trinajstić information content (AvgIpc) is 2.89. The summed E-state index contributed by atoms with van der Waals surface area (Å²) in [5, 5.41) is 0.541. The second-order valence-electron chi connectivity index (χ2n) is 5.39. The number of hydrogen-bond acceptors (Lipinski definition) is 6. The highest BCUT2D eigenvalue weighted by Crippen LogP contribution is 2.32. The molecule has 25 heavy (non-hydrogen) atoms. The van der Waals surface area contributed by atoms with Gasteiger partial charge in [-0.2, -0.15) is 12.8 Å². The first kappa shape index (κ1) is 16.0. The van der Waals surface area contributed by atoms with E-state index < -0.39 is 10.0 Å². The van der Waals surface area contributed by atoms with Crippen molar-refractivity contribution in [3.05, 3.63) is 47.5 Å². The van der Waals surface area contributed by atoms with Crippen LogP contribution in [0.3, 0.4) is 0 Å². The molecule has 0 spiro atoms. The quantitative estimate of drug-likeness (QED) is 0.658. The van der Waals surface area contributed by atoms with E-state index in [4.69, 9.17) is 9.47 Å². The van der Waals surface area contributed by atoms with Gasteiger partial charge in [-0.3, -0.25) is 0 Å². The summed E-state index contributed by atoms with van der Waals surface area (Å²) in [5.74, 6) is 0.973. The lowest BCUT2D eigenvalue weighted by Gasteiger charge is -2.08. The van der Waals surface area contributed by atoms with Crippen LogP contribution in [0.1, 0.15) is 11.4 Å². The summed E-state index contributed by atoms with van der Waals surface area (Å²) in [6.07, 6.45) is 2.04. The van der Waals surface area contributed by atoms with E-state index in [1.165, 1.54) is 29.7 Å².